The highest BCUT2D eigenvalue weighted by Crippen LogP contribution is 2.22. The van der Waals surface area contributed by atoms with Crippen LogP contribution in [-0.4, -0.2) is 42.6 Å². The van der Waals surface area contributed by atoms with E-state index in [9.17, 15) is 5.11 Å². The lowest BCUT2D eigenvalue weighted by molar-refractivity contribution is -0.273. The molecule has 11 heavy (non-hydrogen) atoms. The van der Waals surface area contributed by atoms with E-state index in [-0.39, 0.29) is 18.2 Å². The van der Waals surface area contributed by atoms with Crippen LogP contribution in [0.5, 0.6) is 0 Å². The maximum absolute atomic E-state index is 9.49. The molecule has 0 aromatic heterocycles. The first-order valence-corrected chi connectivity index (χ1v) is 3.74. The number of fused-ring (bicyclic) bond motifs is 1. The van der Waals surface area contributed by atoms with Crippen LogP contribution in [0.2, 0.25) is 0 Å². The fourth-order valence-corrected chi connectivity index (χ4v) is 1.42. The molecule has 0 aromatic rings. The number of rotatable bonds is 1. The highest BCUT2D eigenvalue weighted by Gasteiger charge is 2.45. The van der Waals surface area contributed by atoms with Crippen molar-refractivity contribution in [3.05, 3.63) is 0 Å². The van der Waals surface area contributed by atoms with Gasteiger partial charge in [-0.1, -0.05) is 0 Å². The minimum Gasteiger partial charge on any atom is -0.387 e. The number of hydrogen-bond donors (Lipinski definition) is 3. The highest BCUT2D eigenvalue weighted by molar-refractivity contribution is 4.94. The van der Waals surface area contributed by atoms with Gasteiger partial charge >= 0.3 is 0 Å². The summed E-state index contributed by atoms with van der Waals surface area (Å²) in [4.78, 5) is 4.94. The van der Waals surface area contributed by atoms with Gasteiger partial charge in [0.05, 0.1) is 18.8 Å². The number of nitrogens with one attached hydrogen (secondary N) is 1. The summed E-state index contributed by atoms with van der Waals surface area (Å²) in [5.41, 5.74) is 8.06. The summed E-state index contributed by atoms with van der Waals surface area (Å²) in [6.45, 7) is 0.914. The number of ether oxygens (including phenoxy) is 1. The molecule has 0 spiro atoms. The number of aliphatic hydroxyl groups excluding tert-OH is 1. The van der Waals surface area contributed by atoms with Crippen molar-refractivity contribution in [3.63, 3.8) is 0 Å². The first-order valence-electron chi connectivity index (χ1n) is 3.74. The molecule has 2 aliphatic heterocycles. The molecule has 2 fully saturated rings. The van der Waals surface area contributed by atoms with Crippen molar-refractivity contribution >= 4 is 0 Å². The Morgan fingerprint density at radius 1 is 1.64 bits per heavy atom. The number of nitrogens with two attached hydrogens (primary N) is 1. The maximum Gasteiger partial charge on any atom is 0.127 e. The minimum atomic E-state index is -0.583. The van der Waals surface area contributed by atoms with Gasteiger partial charge < -0.3 is 15.6 Å². The van der Waals surface area contributed by atoms with Crippen molar-refractivity contribution < 1.29 is 14.7 Å². The number of hydroxylamine groups is 1. The van der Waals surface area contributed by atoms with E-state index in [0.717, 1.165) is 0 Å². The van der Waals surface area contributed by atoms with Gasteiger partial charge in [0.1, 0.15) is 12.2 Å². The highest BCUT2D eigenvalue weighted by atomic mass is 16.7. The normalized spacial score (nSPS) is 49.6. The van der Waals surface area contributed by atoms with Crippen LogP contribution in [0.15, 0.2) is 0 Å². The summed E-state index contributed by atoms with van der Waals surface area (Å²) in [6.07, 6.45) is -0.976. The molecule has 0 amide bonds. The monoisotopic (exact) mass is 160 g/mol. The van der Waals surface area contributed by atoms with Crippen molar-refractivity contribution in [2.24, 2.45) is 5.73 Å². The van der Waals surface area contributed by atoms with Gasteiger partial charge in [0, 0.05) is 6.54 Å². The Hall–Kier alpha value is -0.200. The summed E-state index contributed by atoms with van der Waals surface area (Å²) in [7, 11) is 0. The van der Waals surface area contributed by atoms with E-state index in [4.69, 9.17) is 15.3 Å². The molecule has 4 unspecified atom stereocenters. The molecule has 0 aliphatic carbocycles. The first kappa shape index (κ1) is 7.45. The van der Waals surface area contributed by atoms with E-state index in [0.29, 0.717) is 13.2 Å². The summed E-state index contributed by atoms with van der Waals surface area (Å²) >= 11 is 0. The zero-order chi connectivity index (χ0) is 7.84. The fraction of sp³-hybridized carbons (Fsp3) is 1.00. The Kier molecular flexibility index (Phi) is 1.82. The van der Waals surface area contributed by atoms with Crippen LogP contribution in [0.1, 0.15) is 0 Å². The largest absolute Gasteiger partial charge is 0.387 e. The molecule has 2 rings (SSSR count). The van der Waals surface area contributed by atoms with E-state index >= 15 is 0 Å². The van der Waals surface area contributed by atoms with Crippen molar-refractivity contribution in [1.82, 2.24) is 5.48 Å². The third-order valence-corrected chi connectivity index (χ3v) is 2.19. The van der Waals surface area contributed by atoms with Gasteiger partial charge in [-0.15, -0.1) is 0 Å². The van der Waals surface area contributed by atoms with E-state index in [1.165, 1.54) is 0 Å². The molecule has 4 atom stereocenters. The molecule has 2 saturated heterocycles. The predicted octanol–water partition coefficient (Wildman–Crippen LogP) is -2.02. The summed E-state index contributed by atoms with van der Waals surface area (Å²) in [5.74, 6) is 0. The van der Waals surface area contributed by atoms with Crippen LogP contribution >= 0.6 is 0 Å². The van der Waals surface area contributed by atoms with Gasteiger partial charge in [0.2, 0.25) is 0 Å². The van der Waals surface area contributed by atoms with E-state index in [1.54, 1.807) is 0 Å². The minimum absolute atomic E-state index is 0.128. The zero-order valence-corrected chi connectivity index (χ0v) is 6.06. The molecule has 0 radical (unpaired) electrons. The Bertz CT molecular complexity index is 151. The smallest absolute Gasteiger partial charge is 0.127 e. The molecule has 64 valence electrons. The summed E-state index contributed by atoms with van der Waals surface area (Å²) in [5, 5.41) is 9.49. The van der Waals surface area contributed by atoms with Gasteiger partial charge in [-0.2, -0.15) is 5.48 Å². The maximum atomic E-state index is 9.49. The van der Waals surface area contributed by atoms with Crippen molar-refractivity contribution in [3.8, 4) is 0 Å². The zero-order valence-electron chi connectivity index (χ0n) is 6.06. The summed E-state index contributed by atoms with van der Waals surface area (Å²) < 4.78 is 5.26. The molecule has 0 bridgehead atoms. The third kappa shape index (κ3) is 1.05. The number of hydrogen-bond acceptors (Lipinski definition) is 5. The van der Waals surface area contributed by atoms with Gasteiger partial charge in [-0.05, 0) is 0 Å². The van der Waals surface area contributed by atoms with Crippen LogP contribution in [0.25, 0.3) is 0 Å². The Balaban J connectivity index is 1.98. The van der Waals surface area contributed by atoms with Crippen molar-refractivity contribution in [1.29, 1.82) is 0 Å². The van der Waals surface area contributed by atoms with E-state index < -0.39 is 6.10 Å². The molecule has 5 nitrogen and oxygen atoms in total. The van der Waals surface area contributed by atoms with Crippen molar-refractivity contribution in [2.75, 3.05) is 13.2 Å². The molecular weight excluding hydrogens is 148 g/mol. The predicted molar refractivity (Wildman–Crippen MR) is 36.6 cm³/mol. The standard InChI is InChI=1S/C6H12N2O3/c7-1-4-5(9)6-3(2-10-4)8-11-6/h3-6,8-9H,1-2,7H2. The second kappa shape index (κ2) is 2.69. The molecule has 0 saturated carbocycles. The topological polar surface area (TPSA) is 76.7 Å². The molecule has 4 N–H and O–H groups in total. The quantitative estimate of drug-likeness (QED) is 0.412. The first-order chi connectivity index (χ1) is 5.33. The van der Waals surface area contributed by atoms with Crippen LogP contribution in [0, 0.1) is 0 Å². The van der Waals surface area contributed by atoms with Crippen LogP contribution < -0.4 is 11.2 Å². The summed E-state index contributed by atoms with van der Waals surface area (Å²) in [6, 6.07) is 0.146. The molecule has 5 heteroatoms. The Labute approximate surface area is 64.4 Å². The van der Waals surface area contributed by atoms with Crippen LogP contribution in [0.3, 0.4) is 0 Å². The number of aliphatic hydroxyl groups is 1. The average molecular weight is 160 g/mol. The van der Waals surface area contributed by atoms with E-state index in [2.05, 4.69) is 5.48 Å². The Morgan fingerprint density at radius 3 is 3.00 bits per heavy atom. The van der Waals surface area contributed by atoms with Gasteiger partial charge in [-0.25, -0.2) is 0 Å². The van der Waals surface area contributed by atoms with Crippen molar-refractivity contribution in [2.45, 2.75) is 24.4 Å². The lowest BCUT2D eigenvalue weighted by atomic mass is 9.97. The van der Waals surface area contributed by atoms with Gasteiger partial charge in [0.15, 0.2) is 0 Å². The SMILES string of the molecule is NCC1OCC2NOC2C1O. The van der Waals surface area contributed by atoms with Gasteiger partial charge in [-0.3, -0.25) is 4.84 Å². The lowest BCUT2D eigenvalue weighted by Crippen LogP contribution is -2.69. The lowest BCUT2D eigenvalue weighted by Gasteiger charge is -2.46. The second-order valence-electron chi connectivity index (χ2n) is 2.90. The van der Waals surface area contributed by atoms with Crippen LogP contribution in [-0.2, 0) is 9.57 Å². The Morgan fingerprint density at radius 2 is 2.45 bits per heavy atom. The third-order valence-electron chi connectivity index (χ3n) is 2.19. The fourth-order valence-electron chi connectivity index (χ4n) is 1.42. The van der Waals surface area contributed by atoms with E-state index in [1.807, 2.05) is 0 Å². The second-order valence-corrected chi connectivity index (χ2v) is 2.90. The molecule has 0 aromatic carbocycles. The van der Waals surface area contributed by atoms with Gasteiger partial charge in [0.25, 0.3) is 0 Å². The molecular formula is C6H12N2O3. The average Bonchev–Trinajstić information content (AvgIpc) is 1.93. The van der Waals surface area contributed by atoms with Crippen LogP contribution in [0.4, 0.5) is 0 Å². The molecule has 2 heterocycles. The molecule has 2 aliphatic rings.